The maximum atomic E-state index is 11.0. The number of aldehydes is 1. The Bertz CT molecular complexity index is 396. The standard InChI is InChI=1S/C12H14O4/c1-14-11-3-8(5-13)10(4-12(11)15-2)9-6-16-7-9/h3-5,9H,6-7H2,1-2H3. The molecule has 1 aromatic rings. The zero-order valence-corrected chi connectivity index (χ0v) is 9.36. The lowest BCUT2D eigenvalue weighted by atomic mass is 9.93. The molecule has 0 bridgehead atoms. The van der Waals surface area contributed by atoms with Crippen LogP contribution >= 0.6 is 0 Å². The second kappa shape index (κ2) is 4.53. The van der Waals surface area contributed by atoms with Gasteiger partial charge in [0.25, 0.3) is 0 Å². The van der Waals surface area contributed by atoms with E-state index in [1.54, 1.807) is 20.3 Å². The predicted molar refractivity (Wildman–Crippen MR) is 58.5 cm³/mol. The monoisotopic (exact) mass is 222 g/mol. The maximum absolute atomic E-state index is 11.0. The first-order valence-corrected chi connectivity index (χ1v) is 5.09. The SMILES string of the molecule is COc1cc(C=O)c(C2COC2)cc1OC. The molecule has 0 amide bonds. The van der Waals surface area contributed by atoms with E-state index in [4.69, 9.17) is 14.2 Å². The first-order valence-electron chi connectivity index (χ1n) is 5.09. The summed E-state index contributed by atoms with van der Waals surface area (Å²) in [4.78, 5) is 11.0. The molecule has 16 heavy (non-hydrogen) atoms. The molecule has 1 aliphatic heterocycles. The molecule has 0 atom stereocenters. The number of benzene rings is 1. The molecule has 0 spiro atoms. The average Bonchev–Trinajstić information content (AvgIpc) is 2.26. The highest BCUT2D eigenvalue weighted by molar-refractivity contribution is 5.79. The van der Waals surface area contributed by atoms with Crippen LogP contribution in [0.25, 0.3) is 0 Å². The van der Waals surface area contributed by atoms with Gasteiger partial charge in [-0.15, -0.1) is 0 Å². The van der Waals surface area contributed by atoms with Crippen molar-refractivity contribution in [2.75, 3.05) is 27.4 Å². The van der Waals surface area contributed by atoms with E-state index in [2.05, 4.69) is 0 Å². The van der Waals surface area contributed by atoms with Crippen LogP contribution < -0.4 is 9.47 Å². The molecule has 0 N–H and O–H groups in total. The molecule has 86 valence electrons. The summed E-state index contributed by atoms with van der Waals surface area (Å²) < 4.78 is 15.5. The molecule has 1 aliphatic rings. The minimum absolute atomic E-state index is 0.292. The Labute approximate surface area is 94.1 Å². The van der Waals surface area contributed by atoms with Crippen molar-refractivity contribution in [3.8, 4) is 11.5 Å². The van der Waals surface area contributed by atoms with Crippen molar-refractivity contribution in [3.63, 3.8) is 0 Å². The van der Waals surface area contributed by atoms with E-state index in [-0.39, 0.29) is 0 Å². The maximum Gasteiger partial charge on any atom is 0.161 e. The van der Waals surface area contributed by atoms with Gasteiger partial charge in [-0.25, -0.2) is 0 Å². The van der Waals surface area contributed by atoms with E-state index in [0.29, 0.717) is 36.2 Å². The van der Waals surface area contributed by atoms with Gasteiger partial charge >= 0.3 is 0 Å². The van der Waals surface area contributed by atoms with Crippen molar-refractivity contribution >= 4 is 6.29 Å². The fraction of sp³-hybridized carbons (Fsp3) is 0.417. The molecule has 1 saturated heterocycles. The molecule has 1 fully saturated rings. The van der Waals surface area contributed by atoms with Crippen molar-refractivity contribution in [3.05, 3.63) is 23.3 Å². The Morgan fingerprint density at radius 1 is 1.25 bits per heavy atom. The van der Waals surface area contributed by atoms with E-state index in [1.807, 2.05) is 6.07 Å². The van der Waals surface area contributed by atoms with E-state index >= 15 is 0 Å². The van der Waals surface area contributed by atoms with Crippen LogP contribution in [0.4, 0.5) is 0 Å². The lowest BCUT2D eigenvalue weighted by Crippen LogP contribution is -2.26. The first kappa shape index (κ1) is 11.0. The van der Waals surface area contributed by atoms with Crippen molar-refractivity contribution in [2.24, 2.45) is 0 Å². The topological polar surface area (TPSA) is 44.8 Å². The van der Waals surface area contributed by atoms with Crippen LogP contribution in [0.3, 0.4) is 0 Å². The second-order valence-corrected chi connectivity index (χ2v) is 3.69. The van der Waals surface area contributed by atoms with Crippen LogP contribution in [0.15, 0.2) is 12.1 Å². The summed E-state index contributed by atoms with van der Waals surface area (Å²) in [5.74, 6) is 1.52. The van der Waals surface area contributed by atoms with Crippen molar-refractivity contribution in [1.29, 1.82) is 0 Å². The lowest BCUT2D eigenvalue weighted by molar-refractivity contribution is 0.00813. The summed E-state index contributed by atoms with van der Waals surface area (Å²) in [7, 11) is 3.14. The van der Waals surface area contributed by atoms with Crippen LogP contribution in [0.1, 0.15) is 21.8 Å². The van der Waals surface area contributed by atoms with Crippen LogP contribution in [-0.4, -0.2) is 33.7 Å². The molecule has 1 aromatic carbocycles. The number of hydrogen-bond donors (Lipinski definition) is 0. The fourth-order valence-corrected chi connectivity index (χ4v) is 1.78. The van der Waals surface area contributed by atoms with Gasteiger partial charge in [-0.3, -0.25) is 4.79 Å². The highest BCUT2D eigenvalue weighted by Crippen LogP contribution is 2.35. The van der Waals surface area contributed by atoms with E-state index in [1.165, 1.54) is 0 Å². The molecule has 1 heterocycles. The number of ether oxygens (including phenoxy) is 3. The molecule has 2 rings (SSSR count). The Morgan fingerprint density at radius 3 is 2.31 bits per heavy atom. The summed E-state index contributed by atoms with van der Waals surface area (Å²) in [6.07, 6.45) is 0.843. The van der Waals surface area contributed by atoms with Gasteiger partial charge in [-0.2, -0.15) is 0 Å². The van der Waals surface area contributed by atoms with Gasteiger partial charge in [0.1, 0.15) is 6.29 Å². The Kier molecular flexibility index (Phi) is 3.10. The van der Waals surface area contributed by atoms with Crippen LogP contribution in [0, 0.1) is 0 Å². The summed E-state index contributed by atoms with van der Waals surface area (Å²) in [6, 6.07) is 3.56. The quantitative estimate of drug-likeness (QED) is 0.726. The minimum atomic E-state index is 0.292. The van der Waals surface area contributed by atoms with Crippen LogP contribution in [-0.2, 0) is 4.74 Å². The molecule has 4 nitrogen and oxygen atoms in total. The van der Waals surface area contributed by atoms with E-state index < -0.39 is 0 Å². The fourth-order valence-electron chi connectivity index (χ4n) is 1.78. The van der Waals surface area contributed by atoms with Crippen molar-refractivity contribution in [1.82, 2.24) is 0 Å². The number of rotatable bonds is 4. The molecule has 0 saturated carbocycles. The van der Waals surface area contributed by atoms with Gasteiger partial charge in [-0.05, 0) is 17.7 Å². The van der Waals surface area contributed by atoms with Gasteiger partial charge in [0.2, 0.25) is 0 Å². The highest BCUT2D eigenvalue weighted by Gasteiger charge is 2.25. The summed E-state index contributed by atoms with van der Waals surface area (Å²) in [5, 5.41) is 0. The molecular formula is C12H14O4. The number of methoxy groups -OCH3 is 2. The third kappa shape index (κ3) is 1.76. The van der Waals surface area contributed by atoms with Gasteiger partial charge in [0.05, 0.1) is 27.4 Å². The molecule has 4 heteroatoms. The molecule has 0 radical (unpaired) electrons. The van der Waals surface area contributed by atoms with Crippen LogP contribution in [0.2, 0.25) is 0 Å². The lowest BCUT2D eigenvalue weighted by Gasteiger charge is -2.28. The summed E-state index contributed by atoms with van der Waals surface area (Å²) >= 11 is 0. The predicted octanol–water partition coefficient (Wildman–Crippen LogP) is 1.63. The number of carbonyl (C=O) groups excluding carboxylic acids is 1. The number of hydrogen-bond acceptors (Lipinski definition) is 4. The Balaban J connectivity index is 2.45. The smallest absolute Gasteiger partial charge is 0.161 e. The molecule has 0 unspecified atom stereocenters. The normalized spacial score (nSPS) is 15.4. The number of carbonyl (C=O) groups is 1. The third-order valence-corrected chi connectivity index (χ3v) is 2.79. The largest absolute Gasteiger partial charge is 0.493 e. The molecular weight excluding hydrogens is 208 g/mol. The van der Waals surface area contributed by atoms with Crippen molar-refractivity contribution < 1.29 is 19.0 Å². The summed E-state index contributed by atoms with van der Waals surface area (Å²) in [6.45, 7) is 1.33. The third-order valence-electron chi connectivity index (χ3n) is 2.79. The Morgan fingerprint density at radius 2 is 1.88 bits per heavy atom. The Hall–Kier alpha value is -1.55. The van der Waals surface area contributed by atoms with Gasteiger partial charge in [0, 0.05) is 11.5 Å². The van der Waals surface area contributed by atoms with Crippen LogP contribution in [0.5, 0.6) is 11.5 Å². The summed E-state index contributed by atoms with van der Waals surface area (Å²) in [5.41, 5.74) is 1.62. The van der Waals surface area contributed by atoms with Crippen molar-refractivity contribution in [2.45, 2.75) is 5.92 Å². The first-order chi connectivity index (χ1) is 7.80. The zero-order valence-electron chi connectivity index (χ0n) is 9.36. The molecule has 0 aliphatic carbocycles. The van der Waals surface area contributed by atoms with E-state index in [9.17, 15) is 4.79 Å². The van der Waals surface area contributed by atoms with Gasteiger partial charge in [-0.1, -0.05) is 0 Å². The average molecular weight is 222 g/mol. The van der Waals surface area contributed by atoms with Gasteiger partial charge in [0.15, 0.2) is 11.5 Å². The minimum Gasteiger partial charge on any atom is -0.493 e. The zero-order chi connectivity index (χ0) is 11.5. The second-order valence-electron chi connectivity index (χ2n) is 3.69. The van der Waals surface area contributed by atoms with Gasteiger partial charge < -0.3 is 14.2 Å². The highest BCUT2D eigenvalue weighted by atomic mass is 16.5. The van der Waals surface area contributed by atoms with E-state index in [0.717, 1.165) is 11.8 Å². The molecule has 0 aromatic heterocycles.